The van der Waals surface area contributed by atoms with E-state index in [1.165, 1.54) is 19.3 Å². The first-order valence-electron chi connectivity index (χ1n) is 11.5. The minimum absolute atomic E-state index is 0.0853. The van der Waals surface area contributed by atoms with Gasteiger partial charge in [0.2, 0.25) is 11.8 Å². The molecular weight excluding hydrogens is 400 g/mol. The number of carbonyl (C=O) groups excluding carboxylic acids is 2. The number of hydrogen-bond acceptors (Lipinski definition) is 3. The number of ether oxygens (including phenoxy) is 1. The number of amides is 2. The maximum Gasteiger partial charge on any atom is 0.222 e. The molecule has 6 heteroatoms. The third-order valence-electron chi connectivity index (χ3n) is 7.01. The van der Waals surface area contributed by atoms with Crippen molar-refractivity contribution in [1.82, 2.24) is 10.2 Å². The normalized spacial score (nSPS) is 26.4. The molecule has 5 nitrogen and oxygen atoms in total. The predicted octanol–water partition coefficient (Wildman–Crippen LogP) is 4.12. The molecule has 1 aromatic carbocycles. The summed E-state index contributed by atoms with van der Waals surface area (Å²) in [6.07, 6.45) is 9.23. The van der Waals surface area contributed by atoms with Gasteiger partial charge in [-0.25, -0.2) is 0 Å². The molecule has 3 aliphatic rings. The molecule has 30 heavy (non-hydrogen) atoms. The lowest BCUT2D eigenvalue weighted by Crippen LogP contribution is -2.46. The van der Waals surface area contributed by atoms with E-state index in [1.54, 1.807) is 0 Å². The van der Waals surface area contributed by atoms with Crippen LogP contribution in [0, 0.1) is 5.92 Å². The van der Waals surface area contributed by atoms with Crippen molar-refractivity contribution >= 4 is 23.4 Å². The Balaban J connectivity index is 1.39. The Labute approximate surface area is 184 Å². The maximum atomic E-state index is 13.2. The molecule has 0 radical (unpaired) electrons. The van der Waals surface area contributed by atoms with Crippen molar-refractivity contribution in [1.29, 1.82) is 0 Å². The lowest BCUT2D eigenvalue weighted by molar-refractivity contribution is -0.134. The molecule has 4 rings (SSSR count). The summed E-state index contributed by atoms with van der Waals surface area (Å²) in [7, 11) is 0. The number of halogens is 1. The smallest absolute Gasteiger partial charge is 0.222 e. The largest absolute Gasteiger partial charge is 0.376 e. The van der Waals surface area contributed by atoms with Crippen molar-refractivity contribution in [2.24, 2.45) is 5.92 Å². The van der Waals surface area contributed by atoms with Crippen LogP contribution in [0.2, 0.25) is 5.02 Å². The third-order valence-corrected chi connectivity index (χ3v) is 7.26. The highest BCUT2D eigenvalue weighted by atomic mass is 35.5. The quantitative estimate of drug-likeness (QED) is 0.638. The highest BCUT2D eigenvalue weighted by Crippen LogP contribution is 2.32. The van der Waals surface area contributed by atoms with Crippen LogP contribution in [-0.4, -0.2) is 48.1 Å². The third kappa shape index (κ3) is 5.55. The van der Waals surface area contributed by atoms with Crippen molar-refractivity contribution in [3.8, 4) is 0 Å². The first kappa shape index (κ1) is 21.6. The van der Waals surface area contributed by atoms with Crippen LogP contribution in [-0.2, 0) is 20.7 Å². The van der Waals surface area contributed by atoms with E-state index >= 15 is 0 Å². The monoisotopic (exact) mass is 432 g/mol. The highest BCUT2D eigenvalue weighted by molar-refractivity contribution is 6.30. The van der Waals surface area contributed by atoms with Crippen molar-refractivity contribution < 1.29 is 14.3 Å². The minimum atomic E-state index is -0.341. The standard InChI is InChI=1S/C24H33ClN2O3/c25-20-8-6-18(7-9-20)15-24(12-10-22(28)26-24)13-11-23(29)27(16-19-3-1-4-19)17-21-5-2-14-30-21/h6-9,19,21H,1-5,10-17H2,(H,26,28)/t21-,24+/m0/s1. The molecule has 1 aromatic rings. The van der Waals surface area contributed by atoms with E-state index in [-0.39, 0.29) is 23.5 Å². The Morgan fingerprint density at radius 2 is 1.97 bits per heavy atom. The van der Waals surface area contributed by atoms with Crippen molar-refractivity contribution in [2.45, 2.75) is 75.9 Å². The second-order valence-electron chi connectivity index (χ2n) is 9.36. The van der Waals surface area contributed by atoms with Gasteiger partial charge in [-0.1, -0.05) is 30.2 Å². The van der Waals surface area contributed by atoms with Crippen LogP contribution in [0.5, 0.6) is 0 Å². The molecular formula is C24H33ClN2O3. The van der Waals surface area contributed by atoms with Crippen LogP contribution in [0.15, 0.2) is 24.3 Å². The summed E-state index contributed by atoms with van der Waals surface area (Å²) < 4.78 is 5.81. The summed E-state index contributed by atoms with van der Waals surface area (Å²) in [5.74, 6) is 0.931. The minimum Gasteiger partial charge on any atom is -0.376 e. The van der Waals surface area contributed by atoms with Gasteiger partial charge in [0, 0.05) is 43.1 Å². The number of benzene rings is 1. The summed E-state index contributed by atoms with van der Waals surface area (Å²) in [6.45, 7) is 2.38. The SMILES string of the molecule is O=C1CC[C@@](CCC(=O)N(CC2CCC2)C[C@@H]2CCCO2)(Cc2ccc(Cl)cc2)N1. The molecule has 0 aromatic heterocycles. The van der Waals surface area contributed by atoms with Gasteiger partial charge >= 0.3 is 0 Å². The van der Waals surface area contributed by atoms with Gasteiger partial charge in [0.1, 0.15) is 0 Å². The lowest BCUT2D eigenvalue weighted by atomic mass is 9.84. The van der Waals surface area contributed by atoms with E-state index < -0.39 is 0 Å². The molecule has 0 bridgehead atoms. The van der Waals surface area contributed by atoms with E-state index in [2.05, 4.69) is 5.32 Å². The van der Waals surface area contributed by atoms with Gasteiger partial charge in [-0.05, 0) is 68.6 Å². The van der Waals surface area contributed by atoms with Crippen molar-refractivity contribution in [2.75, 3.05) is 19.7 Å². The van der Waals surface area contributed by atoms with E-state index in [1.807, 2.05) is 29.2 Å². The van der Waals surface area contributed by atoms with E-state index in [4.69, 9.17) is 16.3 Å². The summed E-state index contributed by atoms with van der Waals surface area (Å²) in [5, 5.41) is 3.90. The average Bonchev–Trinajstić information content (AvgIpc) is 3.34. The van der Waals surface area contributed by atoms with Crippen LogP contribution in [0.25, 0.3) is 0 Å². The van der Waals surface area contributed by atoms with Gasteiger partial charge in [-0.15, -0.1) is 0 Å². The molecule has 3 fully saturated rings. The number of nitrogens with one attached hydrogen (secondary N) is 1. The van der Waals surface area contributed by atoms with Crippen molar-refractivity contribution in [3.05, 3.63) is 34.9 Å². The number of carbonyl (C=O) groups is 2. The number of rotatable bonds is 9. The molecule has 2 aliphatic heterocycles. The fourth-order valence-corrected chi connectivity index (χ4v) is 5.10. The van der Waals surface area contributed by atoms with Crippen molar-refractivity contribution in [3.63, 3.8) is 0 Å². The summed E-state index contributed by atoms with van der Waals surface area (Å²) in [5.41, 5.74) is 0.798. The molecule has 2 amide bonds. The molecule has 164 valence electrons. The Hall–Kier alpha value is -1.59. The zero-order valence-electron chi connectivity index (χ0n) is 17.7. The Morgan fingerprint density at radius 3 is 2.57 bits per heavy atom. The second kappa shape index (κ2) is 9.69. The molecule has 1 saturated carbocycles. The molecule has 1 aliphatic carbocycles. The molecule has 2 saturated heterocycles. The first-order chi connectivity index (χ1) is 14.5. The fourth-order valence-electron chi connectivity index (χ4n) is 4.98. The number of nitrogens with zero attached hydrogens (tertiary/aromatic N) is 1. The molecule has 0 spiro atoms. The molecule has 2 heterocycles. The number of hydrogen-bond donors (Lipinski definition) is 1. The second-order valence-corrected chi connectivity index (χ2v) is 9.80. The van der Waals surface area contributed by atoms with Gasteiger partial charge in [0.05, 0.1) is 6.10 Å². The molecule has 1 N–H and O–H groups in total. The summed E-state index contributed by atoms with van der Waals surface area (Å²) >= 11 is 6.02. The van der Waals surface area contributed by atoms with Gasteiger partial charge in [-0.2, -0.15) is 0 Å². The maximum absolute atomic E-state index is 13.2. The Morgan fingerprint density at radius 1 is 1.17 bits per heavy atom. The van der Waals surface area contributed by atoms with Gasteiger partial charge in [-0.3, -0.25) is 9.59 Å². The van der Waals surface area contributed by atoms with Gasteiger partial charge in [0.15, 0.2) is 0 Å². The van der Waals surface area contributed by atoms with E-state index in [0.717, 1.165) is 44.4 Å². The Kier molecular flexibility index (Phi) is 6.99. The first-order valence-corrected chi connectivity index (χ1v) is 11.8. The van der Waals surface area contributed by atoms with Crippen LogP contribution in [0.3, 0.4) is 0 Å². The van der Waals surface area contributed by atoms with Crippen LogP contribution < -0.4 is 5.32 Å². The van der Waals surface area contributed by atoms with Crippen LogP contribution in [0.1, 0.15) is 63.4 Å². The predicted molar refractivity (Wildman–Crippen MR) is 117 cm³/mol. The zero-order valence-corrected chi connectivity index (χ0v) is 18.5. The molecule has 2 atom stereocenters. The lowest BCUT2D eigenvalue weighted by Gasteiger charge is -2.35. The molecule has 0 unspecified atom stereocenters. The Bertz CT molecular complexity index is 743. The fraction of sp³-hybridized carbons (Fsp3) is 0.667. The van der Waals surface area contributed by atoms with Gasteiger partial charge in [0.25, 0.3) is 0 Å². The van der Waals surface area contributed by atoms with Crippen LogP contribution in [0.4, 0.5) is 0 Å². The summed E-state index contributed by atoms with van der Waals surface area (Å²) in [6, 6.07) is 7.79. The van der Waals surface area contributed by atoms with E-state index in [9.17, 15) is 9.59 Å². The summed E-state index contributed by atoms with van der Waals surface area (Å²) in [4.78, 5) is 27.3. The average molecular weight is 433 g/mol. The van der Waals surface area contributed by atoms with E-state index in [0.29, 0.717) is 36.7 Å². The van der Waals surface area contributed by atoms with Gasteiger partial charge < -0.3 is 15.0 Å². The van der Waals surface area contributed by atoms with Crippen LogP contribution >= 0.6 is 11.6 Å². The highest BCUT2D eigenvalue weighted by Gasteiger charge is 2.38. The zero-order chi connectivity index (χ0) is 21.0. The topological polar surface area (TPSA) is 58.6 Å².